The van der Waals surface area contributed by atoms with Crippen molar-refractivity contribution >= 4 is 23.7 Å². The molecule has 0 aliphatic carbocycles. The van der Waals surface area contributed by atoms with Crippen LogP contribution in [0.15, 0.2) is 52.2 Å². The quantitative estimate of drug-likeness (QED) is 0.552. The molecule has 0 spiro atoms. The zero-order valence-electron chi connectivity index (χ0n) is 15.5. The summed E-state index contributed by atoms with van der Waals surface area (Å²) in [4.78, 5) is 24.2. The van der Waals surface area contributed by atoms with E-state index in [-0.39, 0.29) is 18.8 Å². The SMILES string of the molecule is COC(=O)CSC1=C(C#N)C(c2ccccc2)C(C(=O)OCCC#N)=C(C)N1. The zero-order valence-corrected chi connectivity index (χ0v) is 16.3. The Balaban J connectivity index is 2.45. The summed E-state index contributed by atoms with van der Waals surface area (Å²) in [5.41, 5.74) is 1.91. The third-order valence-electron chi connectivity index (χ3n) is 4.01. The van der Waals surface area contributed by atoms with Crippen LogP contribution < -0.4 is 5.32 Å². The molecule has 1 atom stereocenters. The molecular formula is C20H19N3O4S. The number of thioether (sulfide) groups is 1. The minimum Gasteiger partial charge on any atom is -0.468 e. The van der Waals surface area contributed by atoms with Crippen LogP contribution in [0.3, 0.4) is 0 Å². The number of benzene rings is 1. The van der Waals surface area contributed by atoms with Gasteiger partial charge in [0.1, 0.15) is 6.61 Å². The molecule has 1 aliphatic heterocycles. The van der Waals surface area contributed by atoms with Crippen molar-refractivity contribution in [1.82, 2.24) is 5.32 Å². The topological polar surface area (TPSA) is 112 Å². The normalized spacial score (nSPS) is 15.9. The van der Waals surface area contributed by atoms with Crippen molar-refractivity contribution in [2.24, 2.45) is 0 Å². The van der Waals surface area contributed by atoms with Crippen molar-refractivity contribution < 1.29 is 19.1 Å². The number of dihydropyridines is 1. The van der Waals surface area contributed by atoms with Gasteiger partial charge in [-0.1, -0.05) is 42.1 Å². The number of carbonyl (C=O) groups excluding carboxylic acids is 2. The molecule has 28 heavy (non-hydrogen) atoms. The van der Waals surface area contributed by atoms with E-state index < -0.39 is 17.9 Å². The first-order valence-corrected chi connectivity index (χ1v) is 9.42. The van der Waals surface area contributed by atoms with Gasteiger partial charge in [0.2, 0.25) is 0 Å². The predicted molar refractivity (Wildman–Crippen MR) is 103 cm³/mol. The summed E-state index contributed by atoms with van der Waals surface area (Å²) >= 11 is 1.14. The van der Waals surface area contributed by atoms with Gasteiger partial charge >= 0.3 is 11.9 Å². The van der Waals surface area contributed by atoms with Gasteiger partial charge in [-0.15, -0.1) is 0 Å². The van der Waals surface area contributed by atoms with Crippen LogP contribution in [-0.4, -0.2) is 31.4 Å². The van der Waals surface area contributed by atoms with E-state index in [1.54, 1.807) is 6.92 Å². The Kier molecular flexibility index (Phi) is 7.67. The van der Waals surface area contributed by atoms with E-state index in [0.29, 0.717) is 21.9 Å². The molecule has 1 heterocycles. The van der Waals surface area contributed by atoms with Gasteiger partial charge in [-0.2, -0.15) is 10.5 Å². The summed E-state index contributed by atoms with van der Waals surface area (Å²) in [6, 6.07) is 13.2. The Morgan fingerprint density at radius 3 is 2.57 bits per heavy atom. The molecule has 1 N–H and O–H groups in total. The van der Waals surface area contributed by atoms with Gasteiger partial charge in [0.25, 0.3) is 0 Å². The number of ether oxygens (including phenoxy) is 2. The van der Waals surface area contributed by atoms with Gasteiger partial charge in [0, 0.05) is 5.70 Å². The molecule has 8 heteroatoms. The standard InChI is InChI=1S/C20H19N3O4S/c1-13-17(20(25)27-10-6-9-21)18(14-7-4-3-5-8-14)15(11-22)19(23-13)28-12-16(24)26-2/h3-5,7-8,18,23H,6,10,12H2,1-2H3. The summed E-state index contributed by atoms with van der Waals surface area (Å²) in [5, 5.41) is 22.0. The molecule has 1 aromatic carbocycles. The second-order valence-corrected chi connectivity index (χ2v) is 6.76. The molecule has 0 amide bonds. The van der Waals surface area contributed by atoms with Crippen LogP contribution >= 0.6 is 11.8 Å². The number of allylic oxidation sites excluding steroid dienone is 2. The Morgan fingerprint density at radius 1 is 1.25 bits per heavy atom. The summed E-state index contributed by atoms with van der Waals surface area (Å²) in [6.45, 7) is 1.69. The Hall–Kier alpha value is -3.23. The van der Waals surface area contributed by atoms with E-state index in [4.69, 9.17) is 10.00 Å². The van der Waals surface area contributed by atoms with E-state index in [1.165, 1.54) is 7.11 Å². The molecule has 144 valence electrons. The lowest BCUT2D eigenvalue weighted by Crippen LogP contribution is -2.29. The highest BCUT2D eigenvalue weighted by atomic mass is 32.2. The number of hydrogen-bond donors (Lipinski definition) is 1. The van der Waals surface area contributed by atoms with Crippen molar-refractivity contribution in [3.05, 3.63) is 57.8 Å². The van der Waals surface area contributed by atoms with E-state index in [9.17, 15) is 14.9 Å². The Bertz CT molecular complexity index is 894. The second-order valence-electron chi connectivity index (χ2n) is 5.77. The average molecular weight is 397 g/mol. The first-order chi connectivity index (χ1) is 13.5. The minimum absolute atomic E-state index is 0.0246. The fourth-order valence-corrected chi connectivity index (χ4v) is 3.66. The maximum atomic E-state index is 12.7. The smallest absolute Gasteiger partial charge is 0.336 e. The van der Waals surface area contributed by atoms with Crippen molar-refractivity contribution in [1.29, 1.82) is 10.5 Å². The molecule has 0 fully saturated rings. The largest absolute Gasteiger partial charge is 0.468 e. The molecule has 7 nitrogen and oxygen atoms in total. The number of carbonyl (C=O) groups is 2. The number of nitrogens with one attached hydrogen (secondary N) is 1. The van der Waals surface area contributed by atoms with Crippen LogP contribution in [0.1, 0.15) is 24.8 Å². The van der Waals surface area contributed by atoms with Crippen LogP contribution in [0, 0.1) is 22.7 Å². The minimum atomic E-state index is -0.637. The fourth-order valence-electron chi connectivity index (χ4n) is 2.73. The lowest BCUT2D eigenvalue weighted by molar-refractivity contribution is -0.139. The summed E-state index contributed by atoms with van der Waals surface area (Å²) in [6.07, 6.45) is 0.0860. The average Bonchev–Trinajstić information content (AvgIpc) is 2.71. The first kappa shape index (κ1) is 21.1. The molecule has 2 rings (SSSR count). The van der Waals surface area contributed by atoms with Crippen LogP contribution in [0.5, 0.6) is 0 Å². The molecular weight excluding hydrogens is 378 g/mol. The third kappa shape index (κ3) is 4.93. The monoisotopic (exact) mass is 397 g/mol. The van der Waals surface area contributed by atoms with Gasteiger partial charge in [0.05, 0.1) is 53.5 Å². The molecule has 1 aliphatic rings. The molecule has 0 saturated heterocycles. The predicted octanol–water partition coefficient (Wildman–Crippen LogP) is 2.75. The van der Waals surface area contributed by atoms with Gasteiger partial charge in [0.15, 0.2) is 0 Å². The summed E-state index contributed by atoms with van der Waals surface area (Å²) in [7, 11) is 1.30. The van der Waals surface area contributed by atoms with E-state index >= 15 is 0 Å². The van der Waals surface area contributed by atoms with Gasteiger partial charge < -0.3 is 14.8 Å². The third-order valence-corrected chi connectivity index (χ3v) is 5.00. The first-order valence-electron chi connectivity index (χ1n) is 8.44. The molecule has 0 saturated carbocycles. The highest BCUT2D eigenvalue weighted by Crippen LogP contribution is 2.40. The summed E-state index contributed by atoms with van der Waals surface area (Å²) < 4.78 is 9.87. The highest BCUT2D eigenvalue weighted by Gasteiger charge is 2.35. The summed E-state index contributed by atoms with van der Waals surface area (Å²) in [5.74, 6) is -1.61. The lowest BCUT2D eigenvalue weighted by atomic mass is 9.82. The number of methoxy groups -OCH3 is 1. The maximum Gasteiger partial charge on any atom is 0.336 e. The van der Waals surface area contributed by atoms with Crippen molar-refractivity contribution in [3.63, 3.8) is 0 Å². The van der Waals surface area contributed by atoms with Crippen LogP contribution in [0.25, 0.3) is 0 Å². The number of rotatable bonds is 7. The van der Waals surface area contributed by atoms with Crippen LogP contribution in [0.4, 0.5) is 0 Å². The molecule has 1 aromatic rings. The van der Waals surface area contributed by atoms with E-state index in [2.05, 4.69) is 16.1 Å². The van der Waals surface area contributed by atoms with E-state index in [1.807, 2.05) is 36.4 Å². The van der Waals surface area contributed by atoms with Gasteiger partial charge in [-0.05, 0) is 12.5 Å². The van der Waals surface area contributed by atoms with Crippen LogP contribution in [0.2, 0.25) is 0 Å². The highest BCUT2D eigenvalue weighted by molar-refractivity contribution is 8.03. The number of nitrogens with zero attached hydrogens (tertiary/aromatic N) is 2. The van der Waals surface area contributed by atoms with E-state index in [0.717, 1.165) is 17.3 Å². The van der Waals surface area contributed by atoms with Gasteiger partial charge in [-0.25, -0.2) is 4.79 Å². The zero-order chi connectivity index (χ0) is 20.5. The van der Waals surface area contributed by atoms with Crippen molar-refractivity contribution in [2.75, 3.05) is 19.5 Å². The van der Waals surface area contributed by atoms with Crippen LogP contribution in [-0.2, 0) is 19.1 Å². The Labute approximate surface area is 167 Å². The van der Waals surface area contributed by atoms with Crippen molar-refractivity contribution in [3.8, 4) is 12.1 Å². The number of hydrogen-bond acceptors (Lipinski definition) is 8. The Morgan fingerprint density at radius 2 is 1.96 bits per heavy atom. The molecule has 1 unspecified atom stereocenters. The lowest BCUT2D eigenvalue weighted by Gasteiger charge is -2.29. The van der Waals surface area contributed by atoms with Crippen molar-refractivity contribution in [2.45, 2.75) is 19.3 Å². The number of nitriles is 2. The molecule has 0 radical (unpaired) electrons. The fraction of sp³-hybridized carbons (Fsp3) is 0.300. The maximum absolute atomic E-state index is 12.7. The number of esters is 2. The van der Waals surface area contributed by atoms with Gasteiger partial charge in [-0.3, -0.25) is 4.79 Å². The molecule has 0 aromatic heterocycles. The molecule has 0 bridgehead atoms. The second kappa shape index (κ2) is 10.2.